The van der Waals surface area contributed by atoms with Crippen LogP contribution in [-0.4, -0.2) is 13.6 Å². The lowest BCUT2D eigenvalue weighted by Crippen LogP contribution is -2.19. The maximum atomic E-state index is 3.37. The van der Waals surface area contributed by atoms with Crippen molar-refractivity contribution >= 4 is 0 Å². The summed E-state index contributed by atoms with van der Waals surface area (Å²) >= 11 is 0. The van der Waals surface area contributed by atoms with Crippen LogP contribution in [0.1, 0.15) is 79.1 Å². The first-order valence-electron chi connectivity index (χ1n) is 8.20. The number of unbranched alkanes of at least 4 members (excludes halogenated alkanes) is 2. The third-order valence-electron chi connectivity index (χ3n) is 3.78. The van der Waals surface area contributed by atoms with E-state index in [9.17, 15) is 0 Å². The van der Waals surface area contributed by atoms with E-state index >= 15 is 0 Å². The Morgan fingerprint density at radius 3 is 1.72 bits per heavy atom. The lowest BCUT2D eigenvalue weighted by molar-refractivity contribution is 0.380. The van der Waals surface area contributed by atoms with Gasteiger partial charge < -0.3 is 5.32 Å². The summed E-state index contributed by atoms with van der Waals surface area (Å²) in [5.41, 5.74) is 0. The van der Waals surface area contributed by atoms with Gasteiger partial charge in [-0.2, -0.15) is 0 Å². The van der Waals surface area contributed by atoms with Gasteiger partial charge in [0, 0.05) is 0 Å². The SMILES string of the molecule is CNCC(CCCCCC(C)C)CCCC(C)C. The molecule has 0 saturated heterocycles. The molecule has 0 bridgehead atoms. The van der Waals surface area contributed by atoms with E-state index < -0.39 is 0 Å². The van der Waals surface area contributed by atoms with Crippen LogP contribution in [0.25, 0.3) is 0 Å². The van der Waals surface area contributed by atoms with Crippen molar-refractivity contribution in [2.75, 3.05) is 13.6 Å². The van der Waals surface area contributed by atoms with Gasteiger partial charge in [-0.1, -0.05) is 66.2 Å². The van der Waals surface area contributed by atoms with Crippen LogP contribution in [-0.2, 0) is 0 Å². The van der Waals surface area contributed by atoms with Crippen LogP contribution in [0.4, 0.5) is 0 Å². The van der Waals surface area contributed by atoms with E-state index in [1.54, 1.807) is 0 Å². The maximum absolute atomic E-state index is 3.37. The molecule has 0 spiro atoms. The number of hydrogen-bond donors (Lipinski definition) is 1. The highest BCUT2D eigenvalue weighted by atomic mass is 14.8. The van der Waals surface area contributed by atoms with Crippen LogP contribution < -0.4 is 5.32 Å². The first-order chi connectivity index (χ1) is 8.56. The fraction of sp³-hybridized carbons (Fsp3) is 1.00. The van der Waals surface area contributed by atoms with Crippen molar-refractivity contribution in [3.05, 3.63) is 0 Å². The van der Waals surface area contributed by atoms with Crippen molar-refractivity contribution < 1.29 is 0 Å². The standard InChI is InChI=1S/C17H37N/c1-15(2)10-7-6-8-12-17(14-18-5)13-9-11-16(3)4/h15-18H,6-14H2,1-5H3. The van der Waals surface area contributed by atoms with Gasteiger partial charge in [-0.3, -0.25) is 0 Å². The third kappa shape index (κ3) is 12.4. The molecule has 1 N–H and O–H groups in total. The quantitative estimate of drug-likeness (QED) is 0.469. The number of nitrogens with one attached hydrogen (secondary N) is 1. The molecule has 110 valence electrons. The molecule has 0 aromatic heterocycles. The molecule has 0 aromatic rings. The molecule has 18 heavy (non-hydrogen) atoms. The van der Waals surface area contributed by atoms with Crippen molar-refractivity contribution in [2.24, 2.45) is 17.8 Å². The van der Waals surface area contributed by atoms with Gasteiger partial charge in [0.15, 0.2) is 0 Å². The van der Waals surface area contributed by atoms with E-state index in [-0.39, 0.29) is 0 Å². The molecule has 0 radical (unpaired) electrons. The van der Waals surface area contributed by atoms with Crippen LogP contribution in [0.2, 0.25) is 0 Å². The van der Waals surface area contributed by atoms with Gasteiger partial charge in [-0.25, -0.2) is 0 Å². The molecule has 0 aliphatic rings. The lowest BCUT2D eigenvalue weighted by atomic mass is 9.93. The fourth-order valence-electron chi connectivity index (χ4n) is 2.61. The minimum absolute atomic E-state index is 0.867. The first kappa shape index (κ1) is 18.0. The number of rotatable bonds is 12. The Bertz CT molecular complexity index is 163. The monoisotopic (exact) mass is 255 g/mol. The summed E-state index contributed by atoms with van der Waals surface area (Å²) in [5, 5.41) is 3.37. The van der Waals surface area contributed by atoms with Crippen LogP contribution in [0.5, 0.6) is 0 Å². The smallest absolute Gasteiger partial charge is 0.00235 e. The summed E-state index contributed by atoms with van der Waals surface area (Å²) in [6, 6.07) is 0. The predicted molar refractivity (Wildman–Crippen MR) is 84.0 cm³/mol. The van der Waals surface area contributed by atoms with E-state index in [0.29, 0.717) is 0 Å². The molecular weight excluding hydrogens is 218 g/mol. The van der Waals surface area contributed by atoms with Crippen LogP contribution in [0, 0.1) is 17.8 Å². The van der Waals surface area contributed by atoms with Crippen molar-refractivity contribution in [3.8, 4) is 0 Å². The molecule has 0 amide bonds. The molecule has 1 heteroatoms. The third-order valence-corrected chi connectivity index (χ3v) is 3.78. The Morgan fingerprint density at radius 2 is 1.17 bits per heavy atom. The van der Waals surface area contributed by atoms with E-state index in [0.717, 1.165) is 17.8 Å². The molecule has 0 saturated carbocycles. The Kier molecular flexibility index (Phi) is 12.0. The topological polar surface area (TPSA) is 12.0 Å². The summed E-state index contributed by atoms with van der Waals surface area (Å²) in [4.78, 5) is 0. The summed E-state index contributed by atoms with van der Waals surface area (Å²) in [5.74, 6) is 2.66. The highest BCUT2D eigenvalue weighted by molar-refractivity contribution is 4.63. The average molecular weight is 255 g/mol. The van der Waals surface area contributed by atoms with E-state index in [1.165, 1.54) is 57.9 Å². The maximum Gasteiger partial charge on any atom is -0.00235 e. The zero-order valence-electron chi connectivity index (χ0n) is 13.6. The highest BCUT2D eigenvalue weighted by Gasteiger charge is 2.08. The molecular formula is C17H37N. The molecule has 0 heterocycles. The van der Waals surface area contributed by atoms with Crippen molar-refractivity contribution in [3.63, 3.8) is 0 Å². The van der Waals surface area contributed by atoms with Gasteiger partial charge in [0.05, 0.1) is 0 Å². The van der Waals surface area contributed by atoms with Gasteiger partial charge in [-0.05, 0) is 44.2 Å². The summed E-state index contributed by atoms with van der Waals surface area (Å²) in [6.07, 6.45) is 11.4. The highest BCUT2D eigenvalue weighted by Crippen LogP contribution is 2.19. The molecule has 0 rings (SSSR count). The summed E-state index contributed by atoms with van der Waals surface area (Å²) < 4.78 is 0. The second-order valence-corrected chi connectivity index (χ2v) is 6.78. The van der Waals surface area contributed by atoms with Gasteiger partial charge in [-0.15, -0.1) is 0 Å². The van der Waals surface area contributed by atoms with Crippen molar-refractivity contribution in [2.45, 2.75) is 79.1 Å². The van der Waals surface area contributed by atoms with E-state index in [4.69, 9.17) is 0 Å². The van der Waals surface area contributed by atoms with E-state index in [2.05, 4.69) is 40.1 Å². The van der Waals surface area contributed by atoms with Gasteiger partial charge >= 0.3 is 0 Å². The first-order valence-corrected chi connectivity index (χ1v) is 8.20. The van der Waals surface area contributed by atoms with E-state index in [1.807, 2.05) is 0 Å². The van der Waals surface area contributed by atoms with Crippen LogP contribution >= 0.6 is 0 Å². The minimum atomic E-state index is 0.867. The normalized spacial score (nSPS) is 13.5. The van der Waals surface area contributed by atoms with Gasteiger partial charge in [0.2, 0.25) is 0 Å². The Hall–Kier alpha value is -0.0400. The predicted octanol–water partition coefficient (Wildman–Crippen LogP) is 5.25. The van der Waals surface area contributed by atoms with Crippen LogP contribution in [0.3, 0.4) is 0 Å². The second kappa shape index (κ2) is 12.0. The molecule has 0 fully saturated rings. The summed E-state index contributed by atoms with van der Waals surface area (Å²) in [6.45, 7) is 10.5. The minimum Gasteiger partial charge on any atom is -0.319 e. The molecule has 1 nitrogen and oxygen atoms in total. The Labute approximate surface area is 116 Å². The summed E-state index contributed by atoms with van der Waals surface area (Å²) in [7, 11) is 2.09. The zero-order valence-corrected chi connectivity index (χ0v) is 13.6. The average Bonchev–Trinajstić information content (AvgIpc) is 2.27. The largest absolute Gasteiger partial charge is 0.319 e. The lowest BCUT2D eigenvalue weighted by Gasteiger charge is -2.17. The molecule has 1 unspecified atom stereocenters. The molecule has 1 atom stereocenters. The van der Waals surface area contributed by atoms with Crippen molar-refractivity contribution in [1.29, 1.82) is 0 Å². The van der Waals surface area contributed by atoms with Crippen LogP contribution in [0.15, 0.2) is 0 Å². The molecule has 0 aliphatic carbocycles. The molecule has 0 aromatic carbocycles. The Balaban J connectivity index is 3.56. The van der Waals surface area contributed by atoms with Gasteiger partial charge in [0.1, 0.15) is 0 Å². The number of hydrogen-bond acceptors (Lipinski definition) is 1. The van der Waals surface area contributed by atoms with Gasteiger partial charge in [0.25, 0.3) is 0 Å². The zero-order chi connectivity index (χ0) is 13.8. The Morgan fingerprint density at radius 1 is 0.667 bits per heavy atom. The second-order valence-electron chi connectivity index (χ2n) is 6.78. The van der Waals surface area contributed by atoms with Crippen molar-refractivity contribution in [1.82, 2.24) is 5.32 Å². The molecule has 0 aliphatic heterocycles. The fourth-order valence-corrected chi connectivity index (χ4v) is 2.61.